The molecule has 3 rings (SSSR count). The molecule has 0 saturated heterocycles. The Kier molecular flexibility index (Phi) is 4.21. The highest BCUT2D eigenvalue weighted by molar-refractivity contribution is 5.39. The van der Waals surface area contributed by atoms with E-state index in [1.54, 1.807) is 17.2 Å². The molecule has 2 aromatic heterocycles. The van der Waals surface area contributed by atoms with Crippen molar-refractivity contribution >= 4 is 5.82 Å². The highest BCUT2D eigenvalue weighted by Crippen LogP contribution is 2.08. The minimum absolute atomic E-state index is 0.764. The van der Waals surface area contributed by atoms with Crippen LogP contribution in [0.15, 0.2) is 61.2 Å². The molecule has 0 radical (unpaired) electrons. The van der Waals surface area contributed by atoms with Crippen molar-refractivity contribution < 1.29 is 0 Å². The summed E-state index contributed by atoms with van der Waals surface area (Å²) in [5.74, 6) is 1.59. The smallest absolute Gasteiger partial charge is 0.158 e. The molecule has 0 aliphatic rings. The summed E-state index contributed by atoms with van der Waals surface area (Å²) < 4.78 is 1.72. The minimum atomic E-state index is 0.764. The molecule has 1 aromatic carbocycles. The van der Waals surface area contributed by atoms with Crippen LogP contribution in [0.4, 0.5) is 5.82 Å². The molecule has 0 unspecified atom stereocenters. The molecule has 0 atom stereocenters. The van der Waals surface area contributed by atoms with Crippen molar-refractivity contribution in [3.8, 4) is 5.82 Å². The fourth-order valence-corrected chi connectivity index (χ4v) is 2.13. The third-order valence-corrected chi connectivity index (χ3v) is 3.18. The zero-order chi connectivity index (χ0) is 14.3. The van der Waals surface area contributed by atoms with E-state index in [-0.39, 0.29) is 0 Å². The molecule has 0 saturated carbocycles. The Labute approximate surface area is 123 Å². The topological polar surface area (TPSA) is 55.6 Å². The number of rotatable bonds is 6. The summed E-state index contributed by atoms with van der Waals surface area (Å²) in [7, 11) is 0. The Bertz CT molecular complexity index is 664. The Balaban J connectivity index is 1.53. The molecule has 21 heavy (non-hydrogen) atoms. The molecule has 106 valence electrons. The second-order valence-corrected chi connectivity index (χ2v) is 4.73. The van der Waals surface area contributed by atoms with Crippen LogP contribution in [0.2, 0.25) is 0 Å². The van der Waals surface area contributed by atoms with Gasteiger partial charge in [-0.05, 0) is 24.5 Å². The molecule has 2 heterocycles. The molecule has 0 amide bonds. The number of hydrogen-bond acceptors (Lipinski definition) is 4. The SMILES string of the molecule is c1ccc(CCCNc2cc(-n3cccn3)ncn2)cc1. The van der Waals surface area contributed by atoms with Crippen LogP contribution in [-0.2, 0) is 6.42 Å². The maximum absolute atomic E-state index is 4.23. The molecule has 0 aliphatic heterocycles. The van der Waals surface area contributed by atoms with Crippen molar-refractivity contribution in [1.29, 1.82) is 0 Å². The minimum Gasteiger partial charge on any atom is -0.370 e. The van der Waals surface area contributed by atoms with Gasteiger partial charge in [0.15, 0.2) is 5.82 Å². The standard InChI is InChI=1S/C16H17N5/c1-2-6-14(7-3-1)8-4-9-17-15-12-16(19-13-18-15)21-11-5-10-20-21/h1-3,5-7,10-13H,4,8-9H2,(H,17,18,19). The highest BCUT2D eigenvalue weighted by Gasteiger charge is 2.00. The van der Waals surface area contributed by atoms with Crippen molar-refractivity contribution in [2.24, 2.45) is 0 Å². The van der Waals surface area contributed by atoms with E-state index in [4.69, 9.17) is 0 Å². The summed E-state index contributed by atoms with van der Waals surface area (Å²) in [6.45, 7) is 0.879. The van der Waals surface area contributed by atoms with Crippen molar-refractivity contribution in [3.05, 3.63) is 66.7 Å². The summed E-state index contributed by atoms with van der Waals surface area (Å²) in [6, 6.07) is 14.3. The van der Waals surface area contributed by atoms with Gasteiger partial charge in [-0.3, -0.25) is 0 Å². The summed E-state index contributed by atoms with van der Waals surface area (Å²) in [4.78, 5) is 8.44. The number of hydrogen-bond donors (Lipinski definition) is 1. The van der Waals surface area contributed by atoms with Gasteiger partial charge in [-0.2, -0.15) is 5.10 Å². The van der Waals surface area contributed by atoms with E-state index in [1.165, 1.54) is 5.56 Å². The first-order chi connectivity index (χ1) is 10.4. The highest BCUT2D eigenvalue weighted by atomic mass is 15.3. The fraction of sp³-hybridized carbons (Fsp3) is 0.188. The van der Waals surface area contributed by atoms with Crippen LogP contribution in [0.25, 0.3) is 5.82 Å². The van der Waals surface area contributed by atoms with Gasteiger partial charge in [-0.25, -0.2) is 14.6 Å². The van der Waals surface area contributed by atoms with Crippen LogP contribution in [0.1, 0.15) is 12.0 Å². The zero-order valence-corrected chi connectivity index (χ0v) is 11.7. The Hall–Kier alpha value is -2.69. The van der Waals surface area contributed by atoms with E-state index in [0.717, 1.165) is 31.0 Å². The lowest BCUT2D eigenvalue weighted by atomic mass is 10.1. The monoisotopic (exact) mass is 279 g/mol. The molecule has 5 nitrogen and oxygen atoms in total. The molecule has 3 aromatic rings. The van der Waals surface area contributed by atoms with E-state index >= 15 is 0 Å². The molecule has 0 spiro atoms. The van der Waals surface area contributed by atoms with Crippen LogP contribution in [-0.4, -0.2) is 26.3 Å². The largest absolute Gasteiger partial charge is 0.370 e. The molecule has 0 fully saturated rings. The number of nitrogens with one attached hydrogen (secondary N) is 1. The second-order valence-electron chi connectivity index (χ2n) is 4.73. The van der Waals surface area contributed by atoms with Gasteiger partial charge in [0.1, 0.15) is 12.1 Å². The van der Waals surface area contributed by atoms with Gasteiger partial charge in [0.2, 0.25) is 0 Å². The molecular formula is C16H17N5. The summed E-state index contributed by atoms with van der Waals surface area (Å²) in [6.07, 6.45) is 7.27. The van der Waals surface area contributed by atoms with Gasteiger partial charge in [0, 0.05) is 25.0 Å². The van der Waals surface area contributed by atoms with Gasteiger partial charge in [0.25, 0.3) is 0 Å². The van der Waals surface area contributed by atoms with E-state index in [1.807, 2.05) is 24.4 Å². The van der Waals surface area contributed by atoms with Gasteiger partial charge in [-0.15, -0.1) is 0 Å². The lowest BCUT2D eigenvalue weighted by Gasteiger charge is -2.07. The number of nitrogens with zero attached hydrogens (tertiary/aromatic N) is 4. The van der Waals surface area contributed by atoms with Crippen LogP contribution in [0.3, 0.4) is 0 Å². The van der Waals surface area contributed by atoms with Gasteiger partial charge < -0.3 is 5.32 Å². The third-order valence-electron chi connectivity index (χ3n) is 3.18. The van der Waals surface area contributed by atoms with Crippen molar-refractivity contribution in [2.75, 3.05) is 11.9 Å². The van der Waals surface area contributed by atoms with Crippen LogP contribution in [0, 0.1) is 0 Å². The van der Waals surface area contributed by atoms with Gasteiger partial charge in [-0.1, -0.05) is 30.3 Å². The molecule has 0 aliphatic carbocycles. The maximum atomic E-state index is 4.23. The lowest BCUT2D eigenvalue weighted by molar-refractivity contribution is 0.832. The summed E-state index contributed by atoms with van der Waals surface area (Å²) >= 11 is 0. The maximum Gasteiger partial charge on any atom is 0.158 e. The number of benzene rings is 1. The predicted octanol–water partition coefficient (Wildman–Crippen LogP) is 2.71. The van der Waals surface area contributed by atoms with Crippen LogP contribution in [0.5, 0.6) is 0 Å². The van der Waals surface area contributed by atoms with Crippen molar-refractivity contribution in [3.63, 3.8) is 0 Å². The van der Waals surface area contributed by atoms with Crippen LogP contribution >= 0.6 is 0 Å². The average Bonchev–Trinajstić information content (AvgIpc) is 3.07. The molecule has 5 heteroatoms. The van der Waals surface area contributed by atoms with E-state index < -0.39 is 0 Å². The lowest BCUT2D eigenvalue weighted by Crippen LogP contribution is -2.06. The van der Waals surface area contributed by atoms with Crippen LogP contribution < -0.4 is 5.32 Å². The number of anilines is 1. The Morgan fingerprint density at radius 3 is 2.76 bits per heavy atom. The van der Waals surface area contributed by atoms with Crippen molar-refractivity contribution in [1.82, 2.24) is 19.7 Å². The zero-order valence-electron chi connectivity index (χ0n) is 11.7. The fourth-order valence-electron chi connectivity index (χ4n) is 2.13. The Morgan fingerprint density at radius 2 is 1.95 bits per heavy atom. The Morgan fingerprint density at radius 1 is 1.05 bits per heavy atom. The molecule has 1 N–H and O–H groups in total. The molecular weight excluding hydrogens is 262 g/mol. The second kappa shape index (κ2) is 6.65. The first-order valence-corrected chi connectivity index (χ1v) is 7.02. The first kappa shape index (κ1) is 13.3. The summed E-state index contributed by atoms with van der Waals surface area (Å²) in [5, 5.41) is 7.49. The first-order valence-electron chi connectivity index (χ1n) is 7.02. The van der Waals surface area contributed by atoms with E-state index in [0.29, 0.717) is 0 Å². The van der Waals surface area contributed by atoms with E-state index in [9.17, 15) is 0 Å². The third kappa shape index (κ3) is 3.66. The predicted molar refractivity (Wildman–Crippen MR) is 82.4 cm³/mol. The van der Waals surface area contributed by atoms with Gasteiger partial charge in [0.05, 0.1) is 0 Å². The average molecular weight is 279 g/mol. The quantitative estimate of drug-likeness (QED) is 0.705. The number of aromatic nitrogens is 4. The normalized spacial score (nSPS) is 10.5. The van der Waals surface area contributed by atoms with Crippen molar-refractivity contribution in [2.45, 2.75) is 12.8 Å². The number of aryl methyl sites for hydroxylation is 1. The summed E-state index contributed by atoms with van der Waals surface area (Å²) in [5.41, 5.74) is 1.36. The van der Waals surface area contributed by atoms with E-state index in [2.05, 4.69) is 44.6 Å². The van der Waals surface area contributed by atoms with Gasteiger partial charge >= 0.3 is 0 Å². The molecule has 0 bridgehead atoms.